The van der Waals surface area contributed by atoms with Gasteiger partial charge in [0, 0.05) is 13.7 Å². The van der Waals surface area contributed by atoms with Crippen LogP contribution in [0.25, 0.3) is 0 Å². The van der Waals surface area contributed by atoms with Gasteiger partial charge in [0.25, 0.3) is 0 Å². The zero-order valence-electron chi connectivity index (χ0n) is 14.0. The summed E-state index contributed by atoms with van der Waals surface area (Å²) < 4.78 is 6.02. The highest BCUT2D eigenvalue weighted by atomic mass is 16.5. The Hall–Kier alpha value is -1.75. The van der Waals surface area contributed by atoms with E-state index in [-0.39, 0.29) is 24.8 Å². The zero-order chi connectivity index (χ0) is 16.5. The van der Waals surface area contributed by atoms with Gasteiger partial charge in [-0.15, -0.1) is 0 Å². The average molecular weight is 308 g/mol. The van der Waals surface area contributed by atoms with E-state index < -0.39 is 0 Å². The largest absolute Gasteiger partial charge is 0.488 e. The number of urea groups is 1. The first-order valence-corrected chi connectivity index (χ1v) is 7.90. The predicted molar refractivity (Wildman–Crippen MR) is 88.4 cm³/mol. The number of amides is 2. The second kappa shape index (κ2) is 9.30. The van der Waals surface area contributed by atoms with E-state index in [0.29, 0.717) is 0 Å². The van der Waals surface area contributed by atoms with Crippen molar-refractivity contribution in [2.24, 2.45) is 0 Å². The van der Waals surface area contributed by atoms with Crippen LogP contribution in [-0.4, -0.2) is 36.9 Å². The fraction of sp³-hybridized carbons (Fsp3) is 0.588. The highest BCUT2D eigenvalue weighted by Crippen LogP contribution is 2.31. The summed E-state index contributed by atoms with van der Waals surface area (Å²) in [5.74, 6) is 0.966. The molecule has 1 aromatic rings. The van der Waals surface area contributed by atoms with Crippen molar-refractivity contribution in [1.29, 1.82) is 0 Å². The van der Waals surface area contributed by atoms with Crippen LogP contribution in [0.4, 0.5) is 4.79 Å². The van der Waals surface area contributed by atoms with Gasteiger partial charge in [-0.2, -0.15) is 0 Å². The number of ether oxygens (including phenoxy) is 1. The van der Waals surface area contributed by atoms with Gasteiger partial charge < -0.3 is 20.5 Å². The summed E-state index contributed by atoms with van der Waals surface area (Å²) in [6, 6.07) is 6.01. The Morgan fingerprint density at radius 1 is 1.36 bits per heavy atom. The number of fused-ring (bicyclic) bond motifs is 1. The van der Waals surface area contributed by atoms with E-state index in [1.54, 1.807) is 14.0 Å². The van der Waals surface area contributed by atoms with Crippen LogP contribution in [0.2, 0.25) is 0 Å². The summed E-state index contributed by atoms with van der Waals surface area (Å²) in [5, 5.41) is 13.0. The van der Waals surface area contributed by atoms with E-state index in [2.05, 4.69) is 16.7 Å². The minimum Gasteiger partial charge on any atom is -0.488 e. The van der Waals surface area contributed by atoms with Crippen molar-refractivity contribution in [3.05, 3.63) is 29.3 Å². The molecule has 0 fully saturated rings. The number of rotatable bonds is 4. The summed E-state index contributed by atoms with van der Waals surface area (Å²) in [6.07, 6.45) is 3.38. The van der Waals surface area contributed by atoms with Crippen molar-refractivity contribution in [2.75, 3.05) is 13.7 Å². The van der Waals surface area contributed by atoms with E-state index >= 15 is 0 Å². The van der Waals surface area contributed by atoms with Crippen LogP contribution < -0.4 is 15.4 Å². The molecule has 2 amide bonds. The van der Waals surface area contributed by atoms with Gasteiger partial charge in [-0.1, -0.05) is 12.1 Å². The average Bonchev–Trinajstić information content (AvgIpc) is 2.97. The molecule has 2 rings (SSSR count). The van der Waals surface area contributed by atoms with Crippen molar-refractivity contribution in [3.8, 4) is 5.75 Å². The van der Waals surface area contributed by atoms with E-state index in [1.165, 1.54) is 17.5 Å². The maximum absolute atomic E-state index is 11.3. The number of carbonyl (C=O) groups is 1. The Balaban J connectivity index is 0.000000745. The molecule has 0 radical (unpaired) electrons. The van der Waals surface area contributed by atoms with Gasteiger partial charge in [-0.3, -0.25) is 0 Å². The lowest BCUT2D eigenvalue weighted by molar-refractivity contribution is 0.174. The van der Waals surface area contributed by atoms with Gasteiger partial charge in [0.05, 0.1) is 6.04 Å². The molecule has 0 aliphatic heterocycles. The molecule has 0 saturated heterocycles. The molecule has 1 aliphatic carbocycles. The number of carbonyl (C=O) groups excluding carboxylic acids is 1. The number of hydrogen-bond acceptors (Lipinski definition) is 3. The first kappa shape index (κ1) is 18.3. The molecule has 124 valence electrons. The standard InChI is InChI=1S/C15H22N2O2.C2H6O/c1-10(17-15(18)16-3)11(2)19-14-9-5-7-12-6-4-8-13(12)14;1-2-3/h5,7,9-11H,4,6,8H2,1-3H3,(H2,16,17,18);3H,2H2,1H3. The van der Waals surface area contributed by atoms with Crippen molar-refractivity contribution < 1.29 is 14.6 Å². The second-order valence-electron chi connectivity index (χ2n) is 5.40. The number of hydrogen-bond donors (Lipinski definition) is 3. The van der Waals surface area contributed by atoms with Crippen molar-refractivity contribution in [2.45, 2.75) is 52.2 Å². The van der Waals surface area contributed by atoms with Crippen LogP contribution in [0.15, 0.2) is 18.2 Å². The summed E-state index contributed by atoms with van der Waals surface area (Å²) in [7, 11) is 1.61. The zero-order valence-corrected chi connectivity index (χ0v) is 14.0. The van der Waals surface area contributed by atoms with Crippen LogP contribution in [0.3, 0.4) is 0 Å². The van der Waals surface area contributed by atoms with Crippen molar-refractivity contribution in [1.82, 2.24) is 10.6 Å². The Morgan fingerprint density at radius 2 is 2.05 bits per heavy atom. The minimum atomic E-state index is -0.179. The quantitative estimate of drug-likeness (QED) is 0.799. The SMILES string of the molecule is CCO.CNC(=O)NC(C)C(C)Oc1cccc2c1CCC2. The molecule has 22 heavy (non-hydrogen) atoms. The first-order chi connectivity index (χ1) is 10.5. The molecule has 0 bridgehead atoms. The van der Waals surface area contributed by atoms with Gasteiger partial charge in [0.15, 0.2) is 0 Å². The van der Waals surface area contributed by atoms with Crippen molar-refractivity contribution >= 4 is 6.03 Å². The van der Waals surface area contributed by atoms with E-state index in [9.17, 15) is 4.79 Å². The molecule has 5 nitrogen and oxygen atoms in total. The number of aliphatic hydroxyl groups is 1. The summed E-state index contributed by atoms with van der Waals surface area (Å²) in [6.45, 7) is 5.86. The maximum Gasteiger partial charge on any atom is 0.314 e. The van der Waals surface area contributed by atoms with Gasteiger partial charge in [-0.25, -0.2) is 4.79 Å². The van der Waals surface area contributed by atoms with Crippen molar-refractivity contribution in [3.63, 3.8) is 0 Å². The van der Waals surface area contributed by atoms with E-state index in [4.69, 9.17) is 9.84 Å². The molecule has 2 unspecified atom stereocenters. The smallest absolute Gasteiger partial charge is 0.314 e. The molecule has 0 saturated carbocycles. The number of aryl methyl sites for hydroxylation is 1. The molecule has 0 heterocycles. The van der Waals surface area contributed by atoms with E-state index in [0.717, 1.165) is 18.6 Å². The lowest BCUT2D eigenvalue weighted by Crippen LogP contribution is -2.46. The number of aliphatic hydroxyl groups excluding tert-OH is 1. The van der Waals surface area contributed by atoms with Gasteiger partial charge in [0.2, 0.25) is 0 Å². The molecule has 1 aliphatic rings. The first-order valence-electron chi connectivity index (χ1n) is 7.90. The third-order valence-electron chi connectivity index (χ3n) is 3.71. The summed E-state index contributed by atoms with van der Waals surface area (Å²) >= 11 is 0. The van der Waals surface area contributed by atoms with Gasteiger partial charge in [0.1, 0.15) is 11.9 Å². The Labute approximate surface area is 133 Å². The highest BCUT2D eigenvalue weighted by molar-refractivity contribution is 5.73. The third kappa shape index (κ3) is 5.22. The third-order valence-corrected chi connectivity index (χ3v) is 3.71. The Bertz CT molecular complexity index is 477. The maximum atomic E-state index is 11.3. The van der Waals surface area contributed by atoms with Crippen LogP contribution in [0.5, 0.6) is 5.75 Å². The molecule has 0 aromatic heterocycles. The second-order valence-corrected chi connectivity index (χ2v) is 5.40. The summed E-state index contributed by atoms with van der Waals surface area (Å²) in [5.41, 5.74) is 2.73. The highest BCUT2D eigenvalue weighted by Gasteiger charge is 2.20. The molecule has 0 spiro atoms. The number of benzene rings is 1. The fourth-order valence-electron chi connectivity index (χ4n) is 2.39. The van der Waals surface area contributed by atoms with Crippen LogP contribution in [-0.2, 0) is 12.8 Å². The Kier molecular flexibility index (Phi) is 7.74. The van der Waals surface area contributed by atoms with Gasteiger partial charge in [-0.05, 0) is 57.2 Å². The van der Waals surface area contributed by atoms with Crippen LogP contribution in [0.1, 0.15) is 38.3 Å². The molecule has 2 atom stereocenters. The van der Waals surface area contributed by atoms with Crippen LogP contribution in [0, 0.1) is 0 Å². The molecule has 3 N–H and O–H groups in total. The molecular weight excluding hydrogens is 280 g/mol. The Morgan fingerprint density at radius 3 is 2.68 bits per heavy atom. The normalized spacial score (nSPS) is 15.0. The lowest BCUT2D eigenvalue weighted by Gasteiger charge is -2.23. The monoisotopic (exact) mass is 308 g/mol. The predicted octanol–water partition coefficient (Wildman–Crippen LogP) is 2.26. The van der Waals surface area contributed by atoms with Gasteiger partial charge >= 0.3 is 6.03 Å². The summed E-state index contributed by atoms with van der Waals surface area (Å²) in [4.78, 5) is 11.3. The van der Waals surface area contributed by atoms with E-state index in [1.807, 2.05) is 26.0 Å². The topological polar surface area (TPSA) is 70.6 Å². The lowest BCUT2D eigenvalue weighted by atomic mass is 10.1. The fourth-order valence-corrected chi connectivity index (χ4v) is 2.39. The molecular formula is C17H28N2O3. The van der Waals surface area contributed by atoms with Crippen LogP contribution >= 0.6 is 0 Å². The molecule has 1 aromatic carbocycles. The molecule has 5 heteroatoms. The number of nitrogens with one attached hydrogen (secondary N) is 2. The minimum absolute atomic E-state index is 0.0443.